The lowest BCUT2D eigenvalue weighted by Crippen LogP contribution is -2.15. The summed E-state index contributed by atoms with van der Waals surface area (Å²) in [5.41, 5.74) is 2.39. The van der Waals surface area contributed by atoms with Crippen molar-refractivity contribution in [1.29, 1.82) is 0 Å². The van der Waals surface area contributed by atoms with Crippen LogP contribution >= 0.6 is 11.8 Å². The van der Waals surface area contributed by atoms with E-state index in [4.69, 9.17) is 0 Å². The highest BCUT2D eigenvalue weighted by Gasteiger charge is 2.35. The normalized spacial score (nSPS) is 11.6. The summed E-state index contributed by atoms with van der Waals surface area (Å²) in [6.45, 7) is 3.65. The summed E-state index contributed by atoms with van der Waals surface area (Å²) < 4.78 is 37.2. The molecule has 0 aromatic carbocycles. The molecule has 2 aromatic heterocycles. The smallest absolute Gasteiger partial charge is 0.293 e. The molecule has 7 nitrogen and oxygen atoms in total. The summed E-state index contributed by atoms with van der Waals surface area (Å²) in [7, 11) is 0. The summed E-state index contributed by atoms with van der Waals surface area (Å²) in [4.78, 5) is 23.7. The molecule has 2 rings (SSSR count). The number of aryl methyl sites for hydroxylation is 2. The number of nitrogens with zero attached hydrogens (tertiary/aromatic N) is 4. The third-order valence-corrected chi connectivity index (χ3v) is 3.74. The van der Waals surface area contributed by atoms with Crippen LogP contribution in [-0.2, 0) is 17.4 Å². The molecular formula is C13H15F3N6OS. The van der Waals surface area contributed by atoms with Gasteiger partial charge in [-0.25, -0.2) is 9.97 Å². The summed E-state index contributed by atoms with van der Waals surface area (Å²) in [5, 5.41) is 7.93. The molecular weight excluding hydrogens is 345 g/mol. The van der Waals surface area contributed by atoms with Gasteiger partial charge in [-0.05, 0) is 32.1 Å². The van der Waals surface area contributed by atoms with E-state index >= 15 is 0 Å². The van der Waals surface area contributed by atoms with Crippen LogP contribution in [0.5, 0.6) is 0 Å². The first kappa shape index (κ1) is 18.2. The predicted octanol–water partition coefficient (Wildman–Crippen LogP) is 2.52. The second-order valence-corrected chi connectivity index (χ2v) is 5.69. The number of thioether (sulfide) groups is 1. The molecule has 24 heavy (non-hydrogen) atoms. The van der Waals surface area contributed by atoms with Crippen LogP contribution in [0.2, 0.25) is 0 Å². The molecule has 0 unspecified atom stereocenters. The fraction of sp³-hybridized carbons (Fsp3) is 0.462. The van der Waals surface area contributed by atoms with Crippen LogP contribution in [0.15, 0.2) is 5.16 Å². The molecule has 0 saturated heterocycles. The molecule has 0 spiro atoms. The first-order valence-corrected chi connectivity index (χ1v) is 8.10. The summed E-state index contributed by atoms with van der Waals surface area (Å²) in [6.07, 6.45) is -2.34. The minimum absolute atomic E-state index is 0.0551. The minimum atomic E-state index is -4.64. The van der Waals surface area contributed by atoms with Crippen LogP contribution in [0.25, 0.3) is 0 Å². The van der Waals surface area contributed by atoms with Crippen LogP contribution in [0.4, 0.5) is 19.1 Å². The van der Waals surface area contributed by atoms with E-state index in [9.17, 15) is 18.0 Å². The Hall–Kier alpha value is -2.17. The zero-order valence-electron chi connectivity index (χ0n) is 13.2. The highest BCUT2D eigenvalue weighted by molar-refractivity contribution is 7.98. The minimum Gasteiger partial charge on any atom is -0.293 e. The molecule has 0 radical (unpaired) electrons. The highest BCUT2D eigenvalue weighted by atomic mass is 32.2. The van der Waals surface area contributed by atoms with Gasteiger partial charge in [-0.15, -0.1) is 5.10 Å². The van der Waals surface area contributed by atoms with Crippen LogP contribution in [0, 0.1) is 13.8 Å². The maximum Gasteiger partial charge on any atom is 0.451 e. The Bertz CT molecular complexity index is 723. The number of aromatic nitrogens is 5. The van der Waals surface area contributed by atoms with Gasteiger partial charge in [0.1, 0.15) is 0 Å². The van der Waals surface area contributed by atoms with Crippen LogP contribution in [0.3, 0.4) is 0 Å². The first-order chi connectivity index (χ1) is 11.2. The number of nitrogens with one attached hydrogen (secondary N) is 2. The maximum atomic E-state index is 12.4. The van der Waals surface area contributed by atoms with Crippen molar-refractivity contribution in [2.24, 2.45) is 0 Å². The summed E-state index contributed by atoms with van der Waals surface area (Å²) >= 11 is 1.42. The van der Waals surface area contributed by atoms with Crippen molar-refractivity contribution in [3.05, 3.63) is 22.8 Å². The highest BCUT2D eigenvalue weighted by Crippen LogP contribution is 2.26. The number of rotatable bonds is 5. The van der Waals surface area contributed by atoms with Crippen LogP contribution < -0.4 is 5.32 Å². The van der Waals surface area contributed by atoms with Crippen molar-refractivity contribution < 1.29 is 18.0 Å². The Labute approximate surface area is 139 Å². The van der Waals surface area contributed by atoms with E-state index in [1.165, 1.54) is 11.8 Å². The Morgan fingerprint density at radius 2 is 1.83 bits per heavy atom. The van der Waals surface area contributed by atoms with E-state index in [-0.39, 0.29) is 6.42 Å². The third kappa shape index (κ3) is 4.43. The fourth-order valence-corrected chi connectivity index (χ4v) is 2.49. The molecule has 0 saturated carbocycles. The van der Waals surface area contributed by atoms with Gasteiger partial charge in [0.15, 0.2) is 5.16 Å². The molecule has 0 aliphatic heterocycles. The Morgan fingerprint density at radius 3 is 2.33 bits per heavy atom. The Morgan fingerprint density at radius 1 is 1.21 bits per heavy atom. The molecule has 1 amide bonds. The van der Waals surface area contributed by atoms with Gasteiger partial charge in [0, 0.05) is 17.8 Å². The standard InChI is InChI=1S/C13H15F3N6OS/c1-6-8(7(2)18-12(17-6)24-3)4-5-9(23)19-11-20-10(21-22-11)13(14,15)16/h4-5H2,1-3H3,(H2,19,20,21,22,23). The summed E-state index contributed by atoms with van der Waals surface area (Å²) in [6, 6.07) is 0. The van der Waals surface area contributed by atoms with E-state index in [2.05, 4.69) is 25.4 Å². The van der Waals surface area contributed by atoms with Gasteiger partial charge in [-0.2, -0.15) is 18.2 Å². The van der Waals surface area contributed by atoms with E-state index < -0.39 is 23.9 Å². The van der Waals surface area contributed by atoms with Gasteiger partial charge in [-0.3, -0.25) is 15.2 Å². The Balaban J connectivity index is 1.98. The molecule has 0 fully saturated rings. The first-order valence-electron chi connectivity index (χ1n) is 6.88. The molecule has 130 valence electrons. The van der Waals surface area contributed by atoms with Gasteiger partial charge in [-0.1, -0.05) is 11.8 Å². The van der Waals surface area contributed by atoms with E-state index in [1.807, 2.05) is 20.1 Å². The second-order valence-electron chi connectivity index (χ2n) is 4.91. The van der Waals surface area contributed by atoms with Gasteiger partial charge < -0.3 is 0 Å². The largest absolute Gasteiger partial charge is 0.451 e. The third-order valence-electron chi connectivity index (χ3n) is 3.19. The predicted molar refractivity (Wildman–Crippen MR) is 81.6 cm³/mol. The monoisotopic (exact) mass is 360 g/mol. The number of carbonyl (C=O) groups excluding carboxylic acids is 1. The number of hydrogen-bond donors (Lipinski definition) is 2. The Kier molecular flexibility index (Phi) is 5.42. The summed E-state index contributed by atoms with van der Waals surface area (Å²) in [5.74, 6) is -2.16. The average Bonchev–Trinajstić information content (AvgIpc) is 2.94. The number of H-pyrrole nitrogens is 1. The zero-order valence-corrected chi connectivity index (χ0v) is 14.0. The van der Waals surface area contributed by atoms with E-state index in [0.717, 1.165) is 17.0 Å². The molecule has 2 heterocycles. The molecule has 0 aliphatic carbocycles. The lowest BCUT2D eigenvalue weighted by Gasteiger charge is -2.09. The number of amides is 1. The van der Waals surface area contributed by atoms with E-state index in [0.29, 0.717) is 11.6 Å². The lowest BCUT2D eigenvalue weighted by molar-refractivity contribution is -0.144. The number of hydrogen-bond acceptors (Lipinski definition) is 6. The van der Waals surface area contributed by atoms with Gasteiger partial charge >= 0.3 is 6.18 Å². The van der Waals surface area contributed by atoms with Gasteiger partial charge in [0.2, 0.25) is 17.7 Å². The molecule has 0 aliphatic rings. The van der Waals surface area contributed by atoms with Crippen molar-refractivity contribution in [3.8, 4) is 0 Å². The van der Waals surface area contributed by atoms with Crippen LogP contribution in [-0.4, -0.2) is 37.3 Å². The van der Waals surface area contributed by atoms with Crippen molar-refractivity contribution in [2.45, 2.75) is 38.0 Å². The number of anilines is 1. The number of halogens is 3. The number of carbonyl (C=O) groups is 1. The van der Waals surface area contributed by atoms with Crippen molar-refractivity contribution >= 4 is 23.6 Å². The fourth-order valence-electron chi connectivity index (χ4n) is 2.03. The van der Waals surface area contributed by atoms with Crippen molar-refractivity contribution in [1.82, 2.24) is 25.1 Å². The van der Waals surface area contributed by atoms with Gasteiger partial charge in [0.25, 0.3) is 0 Å². The SMILES string of the molecule is CSc1nc(C)c(CCC(=O)Nc2n[nH]c(C(F)(F)F)n2)c(C)n1. The molecule has 0 atom stereocenters. The molecule has 2 N–H and O–H groups in total. The molecule has 2 aromatic rings. The quantitative estimate of drug-likeness (QED) is 0.628. The second kappa shape index (κ2) is 7.16. The molecule has 11 heteroatoms. The van der Waals surface area contributed by atoms with Crippen LogP contribution in [0.1, 0.15) is 29.2 Å². The lowest BCUT2D eigenvalue weighted by atomic mass is 10.1. The van der Waals surface area contributed by atoms with Gasteiger partial charge in [0.05, 0.1) is 0 Å². The molecule has 0 bridgehead atoms. The topological polar surface area (TPSA) is 96.5 Å². The maximum absolute atomic E-state index is 12.4. The van der Waals surface area contributed by atoms with Crippen molar-refractivity contribution in [3.63, 3.8) is 0 Å². The number of alkyl halides is 3. The van der Waals surface area contributed by atoms with E-state index in [1.54, 1.807) is 5.10 Å². The average molecular weight is 360 g/mol. The number of aromatic amines is 1. The van der Waals surface area contributed by atoms with Crippen molar-refractivity contribution in [2.75, 3.05) is 11.6 Å². The zero-order chi connectivity index (χ0) is 17.9.